The number of aromatic carboxylic acids is 1. The van der Waals surface area contributed by atoms with Crippen molar-refractivity contribution in [1.29, 1.82) is 0 Å². The van der Waals surface area contributed by atoms with Gasteiger partial charge in [0, 0.05) is 0 Å². The van der Waals surface area contributed by atoms with Gasteiger partial charge in [0.1, 0.15) is 10.7 Å². The zero-order chi connectivity index (χ0) is 10.7. The Morgan fingerprint density at radius 3 is 2.57 bits per heavy atom. The van der Waals surface area contributed by atoms with E-state index in [0.717, 1.165) is 0 Å². The van der Waals surface area contributed by atoms with Crippen LogP contribution in [0.4, 0.5) is 0 Å². The summed E-state index contributed by atoms with van der Waals surface area (Å²) in [7, 11) is -2.51. The SMILES string of the molecule is Cc1ccc(C[SH](=O)=O)cc1C(=O)O. The molecule has 0 heterocycles. The number of carboxylic acids is 1. The molecule has 0 aliphatic carbocycles. The van der Waals surface area contributed by atoms with Gasteiger partial charge in [0.25, 0.3) is 0 Å². The van der Waals surface area contributed by atoms with E-state index in [9.17, 15) is 13.2 Å². The quantitative estimate of drug-likeness (QED) is 0.730. The average Bonchev–Trinajstić information content (AvgIpc) is 2.07. The molecule has 0 aliphatic heterocycles. The van der Waals surface area contributed by atoms with Crippen LogP contribution in [-0.2, 0) is 16.5 Å². The number of hydrogen-bond donors (Lipinski definition) is 2. The molecule has 1 N–H and O–H groups in total. The van der Waals surface area contributed by atoms with Gasteiger partial charge < -0.3 is 5.11 Å². The van der Waals surface area contributed by atoms with Crippen LogP contribution in [0.15, 0.2) is 18.2 Å². The zero-order valence-electron chi connectivity index (χ0n) is 7.56. The largest absolute Gasteiger partial charge is 0.478 e. The van der Waals surface area contributed by atoms with Gasteiger partial charge in [-0.15, -0.1) is 0 Å². The number of benzene rings is 1. The fourth-order valence-electron chi connectivity index (χ4n) is 1.15. The first-order valence-electron chi connectivity index (χ1n) is 3.95. The monoisotopic (exact) mass is 214 g/mol. The maximum Gasteiger partial charge on any atom is 0.335 e. The highest BCUT2D eigenvalue weighted by atomic mass is 32.2. The molecule has 0 bridgehead atoms. The number of thiol groups is 1. The molecule has 14 heavy (non-hydrogen) atoms. The van der Waals surface area contributed by atoms with Gasteiger partial charge in [0.15, 0.2) is 0 Å². The number of carbonyl (C=O) groups is 1. The third-order valence-electron chi connectivity index (χ3n) is 1.84. The summed E-state index contributed by atoms with van der Waals surface area (Å²) in [4.78, 5) is 10.7. The van der Waals surface area contributed by atoms with Gasteiger partial charge in [0.2, 0.25) is 0 Å². The van der Waals surface area contributed by atoms with Crippen molar-refractivity contribution >= 4 is 16.7 Å². The van der Waals surface area contributed by atoms with Crippen molar-refractivity contribution in [3.05, 3.63) is 34.9 Å². The molecule has 0 spiro atoms. The summed E-state index contributed by atoms with van der Waals surface area (Å²) in [5.74, 6) is -1.15. The third kappa shape index (κ3) is 2.56. The minimum Gasteiger partial charge on any atom is -0.478 e. The standard InChI is InChI=1S/C9H10O4S/c1-6-2-3-7(5-14(12)13)4-8(6)9(10)11/h2-4,14H,5H2,1H3,(H,10,11). The number of carboxylic acid groups (broad SMARTS) is 1. The summed E-state index contributed by atoms with van der Waals surface area (Å²) >= 11 is 0. The number of hydrogen-bond acceptors (Lipinski definition) is 3. The normalized spacial score (nSPS) is 10.4. The van der Waals surface area contributed by atoms with Crippen molar-refractivity contribution < 1.29 is 18.3 Å². The van der Waals surface area contributed by atoms with Crippen LogP contribution in [0.2, 0.25) is 0 Å². The van der Waals surface area contributed by atoms with E-state index in [1.807, 2.05) is 0 Å². The van der Waals surface area contributed by atoms with E-state index in [-0.39, 0.29) is 11.3 Å². The van der Waals surface area contributed by atoms with E-state index in [0.29, 0.717) is 11.1 Å². The molecule has 0 radical (unpaired) electrons. The first-order valence-corrected chi connectivity index (χ1v) is 5.31. The Labute approximate surface area is 83.1 Å². The molecule has 5 heteroatoms. The van der Waals surface area contributed by atoms with Gasteiger partial charge in [0.05, 0.1) is 11.3 Å². The molecule has 0 aromatic heterocycles. The Bertz CT molecular complexity index is 426. The Kier molecular flexibility index (Phi) is 3.24. The Morgan fingerprint density at radius 2 is 2.07 bits per heavy atom. The van der Waals surface area contributed by atoms with E-state index < -0.39 is 16.7 Å². The van der Waals surface area contributed by atoms with E-state index >= 15 is 0 Å². The maximum atomic E-state index is 10.7. The zero-order valence-corrected chi connectivity index (χ0v) is 8.45. The molecular formula is C9H10O4S. The molecule has 4 nitrogen and oxygen atoms in total. The lowest BCUT2D eigenvalue weighted by atomic mass is 10.1. The van der Waals surface area contributed by atoms with Gasteiger partial charge in [-0.25, -0.2) is 13.2 Å². The van der Waals surface area contributed by atoms with Crippen molar-refractivity contribution in [3.8, 4) is 0 Å². The van der Waals surface area contributed by atoms with Gasteiger partial charge in [-0.2, -0.15) is 0 Å². The lowest BCUT2D eigenvalue weighted by Gasteiger charge is -2.02. The van der Waals surface area contributed by atoms with E-state index in [4.69, 9.17) is 5.11 Å². The van der Waals surface area contributed by atoms with Crippen LogP contribution in [0.3, 0.4) is 0 Å². The molecule has 0 unspecified atom stereocenters. The Morgan fingerprint density at radius 1 is 1.43 bits per heavy atom. The first kappa shape index (κ1) is 10.7. The molecule has 0 amide bonds. The van der Waals surface area contributed by atoms with Crippen molar-refractivity contribution in [2.24, 2.45) is 0 Å². The van der Waals surface area contributed by atoms with Crippen molar-refractivity contribution in [1.82, 2.24) is 0 Å². The maximum absolute atomic E-state index is 10.7. The first-order chi connectivity index (χ1) is 6.50. The van der Waals surface area contributed by atoms with E-state index in [1.165, 1.54) is 6.07 Å². The van der Waals surface area contributed by atoms with Gasteiger partial charge >= 0.3 is 5.97 Å². The van der Waals surface area contributed by atoms with Gasteiger partial charge in [-0.05, 0) is 24.1 Å². The second-order valence-electron chi connectivity index (χ2n) is 2.95. The average molecular weight is 214 g/mol. The molecule has 1 aromatic carbocycles. The van der Waals surface area contributed by atoms with Gasteiger partial charge in [-0.3, -0.25) is 0 Å². The highest BCUT2D eigenvalue weighted by molar-refractivity contribution is 7.71. The molecular weight excluding hydrogens is 204 g/mol. The molecule has 0 fully saturated rings. The topological polar surface area (TPSA) is 71.4 Å². The van der Waals surface area contributed by atoms with Crippen LogP contribution in [-0.4, -0.2) is 19.5 Å². The molecule has 1 rings (SSSR count). The summed E-state index contributed by atoms with van der Waals surface area (Å²) < 4.78 is 20.8. The van der Waals surface area contributed by atoms with Crippen LogP contribution < -0.4 is 0 Å². The van der Waals surface area contributed by atoms with Crippen molar-refractivity contribution in [3.63, 3.8) is 0 Å². The lowest BCUT2D eigenvalue weighted by molar-refractivity contribution is 0.0696. The second kappa shape index (κ2) is 4.23. The van der Waals surface area contributed by atoms with Crippen LogP contribution in [0, 0.1) is 6.92 Å². The molecule has 1 aromatic rings. The molecule has 76 valence electrons. The summed E-state index contributed by atoms with van der Waals surface area (Å²) in [6.45, 7) is 1.67. The van der Waals surface area contributed by atoms with Crippen molar-refractivity contribution in [2.45, 2.75) is 12.7 Å². The predicted molar refractivity (Wildman–Crippen MR) is 52.2 cm³/mol. The summed E-state index contributed by atoms with van der Waals surface area (Å²) in [5, 5.41) is 8.77. The predicted octanol–water partition coefficient (Wildman–Crippen LogP) is 0.805. The third-order valence-corrected chi connectivity index (χ3v) is 2.47. The lowest BCUT2D eigenvalue weighted by Crippen LogP contribution is -2.01. The molecule has 0 aliphatic rings. The van der Waals surface area contributed by atoms with Crippen LogP contribution in [0.5, 0.6) is 0 Å². The van der Waals surface area contributed by atoms with Crippen LogP contribution in [0.1, 0.15) is 21.5 Å². The van der Waals surface area contributed by atoms with E-state index in [1.54, 1.807) is 19.1 Å². The van der Waals surface area contributed by atoms with Crippen molar-refractivity contribution in [2.75, 3.05) is 0 Å². The summed E-state index contributed by atoms with van der Waals surface area (Å²) in [6.07, 6.45) is 0. The number of rotatable bonds is 3. The fraction of sp³-hybridized carbons (Fsp3) is 0.222. The second-order valence-corrected chi connectivity index (χ2v) is 3.93. The highest BCUT2D eigenvalue weighted by Gasteiger charge is 2.07. The smallest absolute Gasteiger partial charge is 0.335 e. The molecule has 0 saturated carbocycles. The Hall–Kier alpha value is -1.36. The molecule has 0 atom stereocenters. The van der Waals surface area contributed by atoms with Crippen LogP contribution in [0.25, 0.3) is 0 Å². The minimum atomic E-state index is -2.51. The Balaban J connectivity index is 3.12. The summed E-state index contributed by atoms with van der Waals surface area (Å²) in [6, 6.07) is 4.62. The van der Waals surface area contributed by atoms with Gasteiger partial charge in [-0.1, -0.05) is 12.1 Å². The molecule has 0 saturated heterocycles. The fourth-order valence-corrected chi connectivity index (χ4v) is 1.64. The number of aryl methyl sites for hydroxylation is 1. The highest BCUT2D eigenvalue weighted by Crippen LogP contribution is 2.11. The minimum absolute atomic E-state index is 0.115. The van der Waals surface area contributed by atoms with E-state index in [2.05, 4.69) is 0 Å². The van der Waals surface area contributed by atoms with Crippen LogP contribution >= 0.6 is 0 Å². The summed E-state index contributed by atoms with van der Waals surface area (Å²) in [5.41, 5.74) is 1.28.